The van der Waals surface area contributed by atoms with E-state index in [2.05, 4.69) is 22.8 Å². The molecule has 0 spiro atoms. The number of ether oxygens (including phenoxy) is 1. The van der Waals surface area contributed by atoms with E-state index in [0.717, 1.165) is 27.8 Å². The number of benzene rings is 4. The molecule has 42 heavy (non-hydrogen) atoms. The summed E-state index contributed by atoms with van der Waals surface area (Å²) in [5.41, 5.74) is 5.53. The van der Waals surface area contributed by atoms with Crippen LogP contribution >= 0.6 is 11.6 Å². The number of carboxylic acids is 1. The van der Waals surface area contributed by atoms with Crippen LogP contribution in [0.5, 0.6) is 0 Å². The van der Waals surface area contributed by atoms with Gasteiger partial charge in [0.15, 0.2) is 0 Å². The Morgan fingerprint density at radius 3 is 2.17 bits per heavy atom. The summed E-state index contributed by atoms with van der Waals surface area (Å²) in [6, 6.07) is 28.8. The summed E-state index contributed by atoms with van der Waals surface area (Å²) < 4.78 is 5.69. The van der Waals surface area contributed by atoms with Crippen LogP contribution in [0.2, 0.25) is 5.02 Å². The van der Waals surface area contributed by atoms with Crippen molar-refractivity contribution < 1.29 is 24.2 Å². The average Bonchev–Trinajstić information content (AvgIpc) is 3.30. The molecule has 0 saturated carbocycles. The van der Waals surface area contributed by atoms with Gasteiger partial charge in [-0.1, -0.05) is 90.5 Å². The number of halogens is 1. The van der Waals surface area contributed by atoms with Gasteiger partial charge in [-0.15, -0.1) is 0 Å². The molecule has 1 aliphatic rings. The van der Waals surface area contributed by atoms with Gasteiger partial charge in [0.2, 0.25) is 5.91 Å². The number of amides is 2. The summed E-state index contributed by atoms with van der Waals surface area (Å²) >= 11 is 6.24. The first kappa shape index (κ1) is 28.9. The van der Waals surface area contributed by atoms with E-state index in [1.165, 1.54) is 18.2 Å². The second-order valence-electron chi connectivity index (χ2n) is 10.2. The van der Waals surface area contributed by atoms with E-state index < -0.39 is 24.0 Å². The Balaban J connectivity index is 1.30. The number of alkyl carbamates (subject to hydrolysis) is 1. The molecule has 5 rings (SSSR count). The highest BCUT2D eigenvalue weighted by Gasteiger charge is 2.30. The van der Waals surface area contributed by atoms with Crippen LogP contribution in [0.4, 0.5) is 10.5 Å². The summed E-state index contributed by atoms with van der Waals surface area (Å²) in [5, 5.41) is 14.9. The molecule has 1 unspecified atom stereocenters. The van der Waals surface area contributed by atoms with Crippen LogP contribution in [0.1, 0.15) is 33.0 Å². The predicted molar refractivity (Wildman–Crippen MR) is 162 cm³/mol. The van der Waals surface area contributed by atoms with Gasteiger partial charge in [-0.05, 0) is 53.1 Å². The van der Waals surface area contributed by atoms with Crippen molar-refractivity contribution >= 4 is 35.3 Å². The van der Waals surface area contributed by atoms with Crippen LogP contribution in [0, 0.1) is 0 Å². The van der Waals surface area contributed by atoms with Crippen molar-refractivity contribution in [2.24, 2.45) is 0 Å². The Hall–Kier alpha value is -4.66. The van der Waals surface area contributed by atoms with Gasteiger partial charge in [0.25, 0.3) is 0 Å². The van der Waals surface area contributed by atoms with Crippen LogP contribution in [-0.4, -0.2) is 54.2 Å². The molecule has 0 aliphatic heterocycles. The third-order valence-corrected chi connectivity index (χ3v) is 7.54. The van der Waals surface area contributed by atoms with Gasteiger partial charge in [-0.3, -0.25) is 9.69 Å². The summed E-state index contributed by atoms with van der Waals surface area (Å²) in [5.74, 6) is -1.85. The van der Waals surface area contributed by atoms with Crippen molar-refractivity contribution in [3.05, 3.63) is 124 Å². The van der Waals surface area contributed by atoms with Gasteiger partial charge in [0.05, 0.1) is 16.3 Å². The maximum atomic E-state index is 13.4. The second kappa shape index (κ2) is 12.9. The van der Waals surface area contributed by atoms with Crippen LogP contribution in [0.3, 0.4) is 0 Å². The van der Waals surface area contributed by atoms with Crippen LogP contribution in [0.25, 0.3) is 11.1 Å². The van der Waals surface area contributed by atoms with Crippen molar-refractivity contribution in [1.82, 2.24) is 10.2 Å². The fourth-order valence-electron chi connectivity index (χ4n) is 5.22. The summed E-state index contributed by atoms with van der Waals surface area (Å²) in [7, 11) is 1.84. The number of hydrogen-bond acceptors (Lipinski definition) is 5. The van der Waals surface area contributed by atoms with E-state index in [4.69, 9.17) is 16.3 Å². The smallest absolute Gasteiger partial charge is 0.407 e. The number of nitrogens with one attached hydrogen (secondary N) is 2. The van der Waals surface area contributed by atoms with Crippen molar-refractivity contribution in [2.45, 2.75) is 18.5 Å². The summed E-state index contributed by atoms with van der Waals surface area (Å²) in [6.07, 6.45) is -0.740. The summed E-state index contributed by atoms with van der Waals surface area (Å²) in [6.45, 7) is 0.786. The zero-order chi connectivity index (χ0) is 29.6. The second-order valence-corrected chi connectivity index (χ2v) is 10.6. The fourth-order valence-corrected chi connectivity index (χ4v) is 5.39. The lowest BCUT2D eigenvalue weighted by Crippen LogP contribution is -2.50. The molecule has 1 atom stereocenters. The van der Waals surface area contributed by atoms with E-state index >= 15 is 0 Å². The molecule has 0 aromatic heterocycles. The Morgan fingerprint density at radius 2 is 1.52 bits per heavy atom. The highest BCUT2D eigenvalue weighted by atomic mass is 35.5. The normalized spacial score (nSPS) is 12.7. The molecule has 4 aromatic rings. The van der Waals surface area contributed by atoms with Crippen molar-refractivity contribution in [3.63, 3.8) is 0 Å². The number of carboxylic acid groups (broad SMARTS) is 1. The molecule has 8 nitrogen and oxygen atoms in total. The standard InChI is InChI=1S/C33H30ClN3O5/c1-37(18-21-9-3-2-4-10-21)19-30(31(38)35-29-17-22(32(39)40)15-16-28(29)34)36-33(41)42-20-27-25-13-7-5-11-23(25)24-12-6-8-14-26(24)27/h2-17,27,30H,18-20H2,1H3,(H,35,38)(H,36,41)(H,39,40). The minimum Gasteiger partial charge on any atom is -0.478 e. The summed E-state index contributed by atoms with van der Waals surface area (Å²) in [4.78, 5) is 39.9. The number of carbonyl (C=O) groups is 3. The Bertz CT molecular complexity index is 1570. The van der Waals surface area contributed by atoms with Gasteiger partial charge >= 0.3 is 12.1 Å². The molecule has 3 N–H and O–H groups in total. The van der Waals surface area contributed by atoms with E-state index in [1.54, 1.807) is 0 Å². The molecular formula is C33H30ClN3O5. The lowest BCUT2D eigenvalue weighted by Gasteiger charge is -2.25. The van der Waals surface area contributed by atoms with Crippen molar-refractivity contribution in [3.8, 4) is 11.1 Å². The molecule has 2 amide bonds. The molecule has 1 aliphatic carbocycles. The molecule has 9 heteroatoms. The predicted octanol–water partition coefficient (Wildman–Crippen LogP) is 6.02. The third-order valence-electron chi connectivity index (χ3n) is 7.21. The van der Waals surface area contributed by atoms with E-state index in [0.29, 0.717) is 6.54 Å². The van der Waals surface area contributed by atoms with Crippen LogP contribution in [-0.2, 0) is 16.1 Å². The van der Waals surface area contributed by atoms with Crippen molar-refractivity contribution in [2.75, 3.05) is 25.5 Å². The van der Waals surface area contributed by atoms with Gasteiger partial charge in [0.1, 0.15) is 12.6 Å². The van der Waals surface area contributed by atoms with Crippen molar-refractivity contribution in [1.29, 1.82) is 0 Å². The molecule has 0 saturated heterocycles. The third kappa shape index (κ3) is 6.62. The zero-order valence-electron chi connectivity index (χ0n) is 22.9. The minimum absolute atomic E-state index is 0.0306. The number of nitrogens with zero attached hydrogens (tertiary/aromatic N) is 1. The average molecular weight is 584 g/mol. The Morgan fingerprint density at radius 1 is 0.905 bits per heavy atom. The van der Waals surface area contributed by atoms with E-state index in [1.807, 2.05) is 78.7 Å². The fraction of sp³-hybridized carbons (Fsp3) is 0.182. The maximum absolute atomic E-state index is 13.4. The number of carbonyl (C=O) groups excluding carboxylic acids is 2. The van der Waals surface area contributed by atoms with Gasteiger partial charge in [-0.25, -0.2) is 9.59 Å². The Labute approximate surface area is 248 Å². The van der Waals surface area contributed by atoms with Crippen LogP contribution < -0.4 is 10.6 Å². The lowest BCUT2D eigenvalue weighted by atomic mass is 9.98. The van der Waals surface area contributed by atoms with Gasteiger partial charge < -0.3 is 20.5 Å². The molecular weight excluding hydrogens is 554 g/mol. The largest absolute Gasteiger partial charge is 0.478 e. The highest BCUT2D eigenvalue weighted by molar-refractivity contribution is 6.34. The number of anilines is 1. The van der Waals surface area contributed by atoms with Gasteiger partial charge in [0, 0.05) is 19.0 Å². The molecule has 0 heterocycles. The molecule has 0 fully saturated rings. The first-order valence-electron chi connectivity index (χ1n) is 13.5. The number of aromatic carboxylic acids is 1. The molecule has 4 aromatic carbocycles. The molecule has 0 bridgehead atoms. The van der Waals surface area contributed by atoms with Crippen LogP contribution in [0.15, 0.2) is 97.1 Å². The molecule has 214 valence electrons. The molecule has 0 radical (unpaired) electrons. The lowest BCUT2D eigenvalue weighted by molar-refractivity contribution is -0.118. The SMILES string of the molecule is CN(Cc1ccccc1)CC(NC(=O)OCC1c2ccccc2-c2ccccc21)C(=O)Nc1cc(C(=O)O)ccc1Cl. The van der Waals surface area contributed by atoms with E-state index in [-0.39, 0.29) is 35.3 Å². The first-order chi connectivity index (χ1) is 20.3. The Kier molecular flexibility index (Phi) is 8.85. The minimum atomic E-state index is -1.15. The maximum Gasteiger partial charge on any atom is 0.407 e. The van der Waals surface area contributed by atoms with Gasteiger partial charge in [-0.2, -0.15) is 0 Å². The monoisotopic (exact) mass is 583 g/mol. The zero-order valence-corrected chi connectivity index (χ0v) is 23.7. The number of hydrogen-bond donors (Lipinski definition) is 3. The number of rotatable bonds is 10. The quantitative estimate of drug-likeness (QED) is 0.211. The highest BCUT2D eigenvalue weighted by Crippen LogP contribution is 2.44. The topological polar surface area (TPSA) is 108 Å². The number of likely N-dealkylation sites (N-methyl/N-ethyl adjacent to an activating group) is 1. The first-order valence-corrected chi connectivity index (χ1v) is 13.9. The number of fused-ring (bicyclic) bond motifs is 3. The van der Waals surface area contributed by atoms with E-state index in [9.17, 15) is 19.5 Å².